The number of nitrogens with one attached hydrogen (secondary N) is 1. The first-order chi connectivity index (χ1) is 11.5. The number of hydrogen-bond donors (Lipinski definition) is 1. The number of fused-ring (bicyclic) bond motifs is 1. The number of hydrazone groups is 1. The van der Waals surface area contributed by atoms with Gasteiger partial charge in [-0.3, -0.25) is 4.79 Å². The van der Waals surface area contributed by atoms with Crippen molar-refractivity contribution in [1.29, 1.82) is 0 Å². The fourth-order valence-electron chi connectivity index (χ4n) is 2.39. The molecule has 0 bridgehead atoms. The van der Waals surface area contributed by atoms with Gasteiger partial charge in [0.05, 0.1) is 5.71 Å². The van der Waals surface area contributed by atoms with Crippen LogP contribution in [-0.2, 0) is 4.79 Å². The van der Waals surface area contributed by atoms with Crippen molar-refractivity contribution < 1.29 is 14.3 Å². The van der Waals surface area contributed by atoms with Crippen LogP contribution < -0.4 is 14.9 Å². The van der Waals surface area contributed by atoms with Gasteiger partial charge in [0, 0.05) is 0 Å². The molecule has 5 nitrogen and oxygen atoms in total. The van der Waals surface area contributed by atoms with E-state index in [9.17, 15) is 4.79 Å². The number of amides is 1. The van der Waals surface area contributed by atoms with E-state index in [0.29, 0.717) is 11.5 Å². The Morgan fingerprint density at radius 3 is 2.62 bits per heavy atom. The molecule has 0 saturated carbocycles. The molecule has 0 unspecified atom stereocenters. The molecule has 3 rings (SSSR count). The lowest BCUT2D eigenvalue weighted by Crippen LogP contribution is -2.42. The third-order valence-electron chi connectivity index (χ3n) is 4.06. The molecule has 2 aromatic rings. The summed E-state index contributed by atoms with van der Waals surface area (Å²) in [5.41, 5.74) is 6.69. The smallest absolute Gasteiger partial charge is 0.284 e. The van der Waals surface area contributed by atoms with Crippen LogP contribution in [0.3, 0.4) is 0 Å². The van der Waals surface area contributed by atoms with Crippen molar-refractivity contribution >= 4 is 11.6 Å². The third kappa shape index (κ3) is 3.40. The van der Waals surface area contributed by atoms with E-state index in [0.717, 1.165) is 11.3 Å². The molecule has 124 valence electrons. The predicted molar refractivity (Wildman–Crippen MR) is 92.6 cm³/mol. The van der Waals surface area contributed by atoms with Crippen LogP contribution >= 0.6 is 0 Å². The minimum Gasteiger partial charge on any atom is -0.485 e. The molecule has 2 aromatic carbocycles. The van der Waals surface area contributed by atoms with Gasteiger partial charge in [-0.25, -0.2) is 5.43 Å². The number of benzene rings is 2. The number of carbonyl (C=O) groups is 1. The Morgan fingerprint density at radius 2 is 1.88 bits per heavy atom. The molecule has 1 N–H and O–H groups in total. The maximum Gasteiger partial charge on any atom is 0.284 e. The molecule has 1 heterocycles. The predicted octanol–water partition coefficient (Wildman–Crippen LogP) is 2.98. The van der Waals surface area contributed by atoms with Gasteiger partial charge >= 0.3 is 0 Å². The SMILES string of the molecule is C/C(=N/NC(=O)[C@H]1COc2ccccc2O1)c1ccc(C)c(C)c1. The van der Waals surface area contributed by atoms with E-state index in [4.69, 9.17) is 9.47 Å². The van der Waals surface area contributed by atoms with Gasteiger partial charge in [-0.1, -0.05) is 24.3 Å². The van der Waals surface area contributed by atoms with E-state index in [2.05, 4.69) is 30.4 Å². The second-order valence-corrected chi connectivity index (χ2v) is 5.84. The highest BCUT2D eigenvalue weighted by atomic mass is 16.6. The lowest BCUT2D eigenvalue weighted by atomic mass is 10.0. The maximum absolute atomic E-state index is 12.2. The number of ether oxygens (including phenoxy) is 2. The van der Waals surface area contributed by atoms with Crippen molar-refractivity contribution in [3.63, 3.8) is 0 Å². The molecular formula is C19H20N2O3. The van der Waals surface area contributed by atoms with Crippen molar-refractivity contribution in [3.05, 3.63) is 59.2 Å². The average molecular weight is 324 g/mol. The van der Waals surface area contributed by atoms with Crippen LogP contribution in [0.1, 0.15) is 23.6 Å². The zero-order chi connectivity index (χ0) is 17.1. The summed E-state index contributed by atoms with van der Waals surface area (Å²) in [5, 5.41) is 4.18. The first kappa shape index (κ1) is 16.1. The molecule has 0 radical (unpaired) electrons. The van der Waals surface area contributed by atoms with Crippen molar-refractivity contribution in [2.75, 3.05) is 6.61 Å². The van der Waals surface area contributed by atoms with E-state index in [1.54, 1.807) is 6.07 Å². The Labute approximate surface area is 141 Å². The first-order valence-corrected chi connectivity index (χ1v) is 7.85. The first-order valence-electron chi connectivity index (χ1n) is 7.85. The number of nitrogens with zero attached hydrogens (tertiary/aromatic N) is 1. The number of para-hydroxylation sites is 2. The fourth-order valence-corrected chi connectivity index (χ4v) is 2.39. The molecule has 5 heteroatoms. The summed E-state index contributed by atoms with van der Waals surface area (Å²) in [6, 6.07) is 13.4. The van der Waals surface area contributed by atoms with E-state index >= 15 is 0 Å². The van der Waals surface area contributed by atoms with Crippen LogP contribution in [0, 0.1) is 13.8 Å². The highest BCUT2D eigenvalue weighted by Gasteiger charge is 2.27. The van der Waals surface area contributed by atoms with Crippen molar-refractivity contribution in [2.45, 2.75) is 26.9 Å². The number of carbonyl (C=O) groups excluding carboxylic acids is 1. The summed E-state index contributed by atoms with van der Waals surface area (Å²) in [6.45, 7) is 6.14. The normalized spacial score (nSPS) is 16.6. The van der Waals surface area contributed by atoms with Gasteiger partial charge in [-0.15, -0.1) is 0 Å². The number of hydrogen-bond acceptors (Lipinski definition) is 4. The van der Waals surface area contributed by atoms with Crippen LogP contribution in [0.2, 0.25) is 0 Å². The number of rotatable bonds is 3. The maximum atomic E-state index is 12.2. The van der Waals surface area contributed by atoms with Crippen molar-refractivity contribution in [2.24, 2.45) is 5.10 Å². The number of aryl methyl sites for hydroxylation is 2. The van der Waals surface area contributed by atoms with Crippen LogP contribution in [0.4, 0.5) is 0 Å². The molecule has 0 spiro atoms. The van der Waals surface area contributed by atoms with Crippen molar-refractivity contribution in [3.8, 4) is 11.5 Å². The van der Waals surface area contributed by atoms with Gasteiger partial charge in [0.2, 0.25) is 6.10 Å². The second kappa shape index (κ2) is 6.74. The Kier molecular flexibility index (Phi) is 4.51. The highest BCUT2D eigenvalue weighted by Crippen LogP contribution is 2.30. The molecule has 1 aliphatic rings. The third-order valence-corrected chi connectivity index (χ3v) is 4.06. The average Bonchev–Trinajstić information content (AvgIpc) is 2.61. The van der Waals surface area contributed by atoms with Gasteiger partial charge in [0.25, 0.3) is 5.91 Å². The minimum absolute atomic E-state index is 0.168. The Balaban J connectivity index is 1.66. The molecule has 0 aliphatic carbocycles. The van der Waals surface area contributed by atoms with Crippen LogP contribution in [0.15, 0.2) is 47.6 Å². The fraction of sp³-hybridized carbons (Fsp3) is 0.263. The summed E-state index contributed by atoms with van der Waals surface area (Å²) in [4.78, 5) is 12.2. The van der Waals surface area contributed by atoms with Gasteiger partial charge in [-0.2, -0.15) is 5.10 Å². The molecule has 1 amide bonds. The lowest BCUT2D eigenvalue weighted by Gasteiger charge is -2.24. The molecule has 0 fully saturated rings. The monoisotopic (exact) mass is 324 g/mol. The zero-order valence-corrected chi connectivity index (χ0v) is 14.0. The summed E-state index contributed by atoms with van der Waals surface area (Å²) in [5.74, 6) is 0.891. The summed E-state index contributed by atoms with van der Waals surface area (Å²) in [7, 11) is 0. The molecule has 0 aromatic heterocycles. The quantitative estimate of drug-likeness (QED) is 0.697. The molecular weight excluding hydrogens is 304 g/mol. The summed E-state index contributed by atoms with van der Waals surface area (Å²) >= 11 is 0. The Morgan fingerprint density at radius 1 is 1.12 bits per heavy atom. The van der Waals surface area contributed by atoms with E-state index in [1.807, 2.05) is 37.3 Å². The van der Waals surface area contributed by atoms with E-state index in [-0.39, 0.29) is 12.5 Å². The highest BCUT2D eigenvalue weighted by molar-refractivity contribution is 5.99. The van der Waals surface area contributed by atoms with Crippen LogP contribution in [-0.4, -0.2) is 24.3 Å². The van der Waals surface area contributed by atoms with Crippen LogP contribution in [0.25, 0.3) is 0 Å². The Hall–Kier alpha value is -2.82. The second-order valence-electron chi connectivity index (χ2n) is 5.84. The van der Waals surface area contributed by atoms with Gasteiger partial charge < -0.3 is 9.47 Å². The largest absolute Gasteiger partial charge is 0.485 e. The topological polar surface area (TPSA) is 59.9 Å². The van der Waals surface area contributed by atoms with Crippen molar-refractivity contribution in [1.82, 2.24) is 5.43 Å². The molecule has 0 saturated heterocycles. The van der Waals surface area contributed by atoms with E-state index < -0.39 is 6.10 Å². The molecule has 1 aliphatic heterocycles. The van der Waals surface area contributed by atoms with Gasteiger partial charge in [-0.05, 0) is 55.7 Å². The zero-order valence-electron chi connectivity index (χ0n) is 14.0. The van der Waals surface area contributed by atoms with Gasteiger partial charge in [0.15, 0.2) is 11.5 Å². The Bertz CT molecular complexity index is 799. The summed E-state index contributed by atoms with van der Waals surface area (Å²) < 4.78 is 11.2. The van der Waals surface area contributed by atoms with Gasteiger partial charge in [0.1, 0.15) is 6.61 Å². The standard InChI is InChI=1S/C19H20N2O3/c1-12-8-9-15(10-13(12)2)14(3)20-21-19(22)18-11-23-16-6-4-5-7-17(16)24-18/h4-10,18H,11H2,1-3H3,(H,21,22)/b20-14-/t18-/m1/s1. The lowest BCUT2D eigenvalue weighted by molar-refractivity contribution is -0.130. The van der Waals surface area contributed by atoms with E-state index in [1.165, 1.54) is 11.1 Å². The molecule has 1 atom stereocenters. The van der Waals surface area contributed by atoms with Crippen LogP contribution in [0.5, 0.6) is 11.5 Å². The summed E-state index contributed by atoms with van der Waals surface area (Å²) in [6.07, 6.45) is -0.712. The molecule has 24 heavy (non-hydrogen) atoms. The minimum atomic E-state index is -0.712.